The molecule has 0 N–H and O–H groups in total. The van der Waals surface area contributed by atoms with E-state index in [1.165, 1.54) is 12.1 Å². The number of ether oxygens (including phenoxy) is 1. The number of nitrogens with zero attached hydrogens (tertiary/aromatic N) is 2. The Morgan fingerprint density at radius 1 is 1.05 bits per heavy atom. The van der Waals surface area contributed by atoms with E-state index in [4.69, 9.17) is 15.4 Å². The largest absolute Gasteiger partial charge is 0.439 e. The van der Waals surface area contributed by atoms with Gasteiger partial charge in [-0.15, -0.1) is 0 Å². The molecular formula is C14H9ClN2O3S. The third-order valence-corrected chi connectivity index (χ3v) is 4.13. The van der Waals surface area contributed by atoms with Gasteiger partial charge >= 0.3 is 0 Å². The van der Waals surface area contributed by atoms with Gasteiger partial charge in [-0.1, -0.05) is 6.07 Å². The van der Waals surface area contributed by atoms with Gasteiger partial charge < -0.3 is 4.74 Å². The summed E-state index contributed by atoms with van der Waals surface area (Å²) in [6.07, 6.45) is 2.85. The molecule has 7 heteroatoms. The Labute approximate surface area is 125 Å². The van der Waals surface area contributed by atoms with Crippen molar-refractivity contribution in [2.75, 3.05) is 0 Å². The average molecular weight is 321 g/mol. The Kier molecular flexibility index (Phi) is 3.48. The molecule has 0 saturated heterocycles. The zero-order chi connectivity index (χ0) is 14.9. The molecule has 0 atom stereocenters. The van der Waals surface area contributed by atoms with E-state index in [0.717, 1.165) is 17.1 Å². The van der Waals surface area contributed by atoms with Crippen molar-refractivity contribution in [3.8, 4) is 11.6 Å². The number of rotatable bonds is 3. The SMILES string of the molecule is O=S(=O)(Cl)c1ccc(Oc2ccc3cccnc3c2)nc1. The lowest BCUT2D eigenvalue weighted by molar-refractivity contribution is 0.462. The maximum absolute atomic E-state index is 11.1. The van der Waals surface area contributed by atoms with Gasteiger partial charge in [0.1, 0.15) is 10.6 Å². The van der Waals surface area contributed by atoms with Crippen molar-refractivity contribution in [1.82, 2.24) is 9.97 Å². The summed E-state index contributed by atoms with van der Waals surface area (Å²) in [5.74, 6) is 0.838. The third-order valence-electron chi connectivity index (χ3n) is 2.79. The van der Waals surface area contributed by atoms with Gasteiger partial charge in [0, 0.05) is 34.4 Å². The fourth-order valence-electron chi connectivity index (χ4n) is 1.80. The minimum Gasteiger partial charge on any atom is -0.439 e. The molecule has 0 aliphatic heterocycles. The van der Waals surface area contributed by atoms with Crippen LogP contribution in [0.4, 0.5) is 0 Å². The molecule has 5 nitrogen and oxygen atoms in total. The molecule has 0 spiro atoms. The van der Waals surface area contributed by atoms with Crippen LogP contribution in [-0.4, -0.2) is 18.4 Å². The molecule has 0 aliphatic carbocycles. The molecule has 3 aromatic rings. The van der Waals surface area contributed by atoms with Gasteiger partial charge in [-0.2, -0.15) is 0 Å². The molecule has 0 amide bonds. The standard InChI is InChI=1S/C14H9ClN2O3S/c15-21(18,19)12-5-6-14(17-9-12)20-11-4-3-10-2-1-7-16-13(10)8-11/h1-9H. The average Bonchev–Trinajstić information content (AvgIpc) is 2.47. The summed E-state index contributed by atoms with van der Waals surface area (Å²) < 4.78 is 27.8. The lowest BCUT2D eigenvalue weighted by Crippen LogP contribution is -1.93. The smallest absolute Gasteiger partial charge is 0.262 e. The van der Waals surface area contributed by atoms with E-state index in [1.807, 2.05) is 18.2 Å². The van der Waals surface area contributed by atoms with Crippen molar-refractivity contribution in [3.63, 3.8) is 0 Å². The molecular weight excluding hydrogens is 312 g/mol. The highest BCUT2D eigenvalue weighted by Crippen LogP contribution is 2.24. The Hall–Kier alpha value is -2.18. The third kappa shape index (κ3) is 3.12. The van der Waals surface area contributed by atoms with Gasteiger partial charge in [0.2, 0.25) is 5.88 Å². The van der Waals surface area contributed by atoms with Crippen LogP contribution in [0.1, 0.15) is 0 Å². The number of fused-ring (bicyclic) bond motifs is 1. The number of benzene rings is 1. The minimum atomic E-state index is -3.78. The van der Waals surface area contributed by atoms with Crippen LogP contribution in [-0.2, 0) is 9.05 Å². The van der Waals surface area contributed by atoms with Crippen molar-refractivity contribution >= 4 is 30.6 Å². The molecule has 2 aromatic heterocycles. The van der Waals surface area contributed by atoms with Crippen LogP contribution in [0.25, 0.3) is 10.9 Å². The number of hydrogen-bond acceptors (Lipinski definition) is 5. The second kappa shape index (κ2) is 5.31. The van der Waals surface area contributed by atoms with Gasteiger partial charge in [-0.25, -0.2) is 13.4 Å². The summed E-state index contributed by atoms with van der Waals surface area (Å²) in [4.78, 5) is 8.07. The highest BCUT2D eigenvalue weighted by Gasteiger charge is 2.10. The summed E-state index contributed by atoms with van der Waals surface area (Å²) >= 11 is 0. The molecule has 0 saturated carbocycles. The first kappa shape index (κ1) is 13.8. The lowest BCUT2D eigenvalue weighted by atomic mass is 10.2. The molecule has 1 aromatic carbocycles. The van der Waals surface area contributed by atoms with E-state index in [1.54, 1.807) is 18.3 Å². The van der Waals surface area contributed by atoms with E-state index in [9.17, 15) is 8.42 Å². The van der Waals surface area contributed by atoms with E-state index < -0.39 is 9.05 Å². The van der Waals surface area contributed by atoms with Crippen LogP contribution in [0, 0.1) is 0 Å². The van der Waals surface area contributed by atoms with Crippen LogP contribution < -0.4 is 4.74 Å². The van der Waals surface area contributed by atoms with Crippen molar-refractivity contribution in [3.05, 3.63) is 54.9 Å². The zero-order valence-corrected chi connectivity index (χ0v) is 12.2. The van der Waals surface area contributed by atoms with Gasteiger partial charge in [-0.3, -0.25) is 4.98 Å². The predicted octanol–water partition coefficient (Wildman–Crippen LogP) is 3.35. The van der Waals surface area contributed by atoms with Gasteiger partial charge in [-0.05, 0) is 24.3 Å². The second-order valence-corrected chi connectivity index (χ2v) is 6.80. The lowest BCUT2D eigenvalue weighted by Gasteiger charge is -2.06. The number of hydrogen-bond donors (Lipinski definition) is 0. The molecule has 3 rings (SSSR count). The minimum absolute atomic E-state index is 0.0725. The van der Waals surface area contributed by atoms with Crippen LogP contribution in [0.2, 0.25) is 0 Å². The van der Waals surface area contributed by atoms with E-state index >= 15 is 0 Å². The first-order valence-corrected chi connectivity index (χ1v) is 8.27. The van der Waals surface area contributed by atoms with Crippen molar-refractivity contribution in [2.24, 2.45) is 0 Å². The quantitative estimate of drug-likeness (QED) is 0.692. The first-order valence-electron chi connectivity index (χ1n) is 5.96. The van der Waals surface area contributed by atoms with Crippen molar-refractivity contribution < 1.29 is 13.2 Å². The van der Waals surface area contributed by atoms with Crippen LogP contribution >= 0.6 is 10.7 Å². The van der Waals surface area contributed by atoms with Crippen LogP contribution in [0.3, 0.4) is 0 Å². The molecule has 0 bridgehead atoms. The summed E-state index contributed by atoms with van der Waals surface area (Å²) in [6.45, 7) is 0. The van der Waals surface area contributed by atoms with Gasteiger partial charge in [0.05, 0.1) is 11.7 Å². The highest BCUT2D eigenvalue weighted by molar-refractivity contribution is 8.13. The van der Waals surface area contributed by atoms with E-state index in [2.05, 4.69) is 9.97 Å². The summed E-state index contributed by atoms with van der Waals surface area (Å²) in [6, 6.07) is 12.0. The molecule has 0 aliphatic rings. The maximum atomic E-state index is 11.1. The Balaban J connectivity index is 1.88. The van der Waals surface area contributed by atoms with Gasteiger partial charge in [0.25, 0.3) is 9.05 Å². The Bertz CT molecular complexity index is 895. The Morgan fingerprint density at radius 3 is 2.62 bits per heavy atom. The van der Waals surface area contributed by atoms with Crippen molar-refractivity contribution in [1.29, 1.82) is 0 Å². The number of halogens is 1. The monoisotopic (exact) mass is 320 g/mol. The summed E-state index contributed by atoms with van der Waals surface area (Å²) in [7, 11) is 1.44. The fraction of sp³-hybridized carbons (Fsp3) is 0. The topological polar surface area (TPSA) is 69.2 Å². The summed E-state index contributed by atoms with van der Waals surface area (Å²) in [5, 5.41) is 1.00. The number of pyridine rings is 2. The molecule has 0 radical (unpaired) electrons. The van der Waals surface area contributed by atoms with Gasteiger partial charge in [0.15, 0.2) is 0 Å². The first-order chi connectivity index (χ1) is 10.0. The predicted molar refractivity (Wildman–Crippen MR) is 79.1 cm³/mol. The number of aromatic nitrogens is 2. The van der Waals surface area contributed by atoms with Crippen LogP contribution in [0.15, 0.2) is 59.8 Å². The zero-order valence-electron chi connectivity index (χ0n) is 10.6. The molecule has 0 fully saturated rings. The molecule has 21 heavy (non-hydrogen) atoms. The van der Waals surface area contributed by atoms with E-state index in [-0.39, 0.29) is 10.8 Å². The molecule has 0 unspecified atom stereocenters. The second-order valence-electron chi connectivity index (χ2n) is 4.23. The van der Waals surface area contributed by atoms with E-state index in [0.29, 0.717) is 5.75 Å². The van der Waals surface area contributed by atoms with Crippen molar-refractivity contribution in [2.45, 2.75) is 4.90 Å². The fourth-order valence-corrected chi connectivity index (χ4v) is 2.48. The molecule has 2 heterocycles. The Morgan fingerprint density at radius 2 is 1.90 bits per heavy atom. The normalized spacial score (nSPS) is 11.5. The summed E-state index contributed by atoms with van der Waals surface area (Å²) in [5.41, 5.74) is 0.801. The maximum Gasteiger partial charge on any atom is 0.262 e. The van der Waals surface area contributed by atoms with Crippen LogP contribution in [0.5, 0.6) is 11.6 Å². The highest BCUT2D eigenvalue weighted by atomic mass is 35.7. The molecule has 106 valence electrons.